The number of rotatable bonds is 5. The van der Waals surface area contributed by atoms with E-state index < -0.39 is 0 Å². The van der Waals surface area contributed by atoms with Gasteiger partial charge in [-0.3, -0.25) is 4.79 Å². The fourth-order valence-electron chi connectivity index (χ4n) is 2.88. The van der Waals surface area contributed by atoms with Gasteiger partial charge in [-0.25, -0.2) is 0 Å². The van der Waals surface area contributed by atoms with Crippen molar-refractivity contribution in [2.45, 2.75) is 38.3 Å². The standard InChI is InChI=1S/C17H20N2O3/c1-21-17(20)12-19-11-13(15-8-4-5-9-16(15)19)10-18-22-14-6-2-3-7-14/h4-5,8-11,14H,2-3,6-7,12H2,1H3/b18-10+. The first-order valence-corrected chi connectivity index (χ1v) is 7.62. The maximum absolute atomic E-state index is 11.5. The molecule has 0 unspecified atom stereocenters. The van der Waals surface area contributed by atoms with Gasteiger partial charge in [-0.2, -0.15) is 0 Å². The summed E-state index contributed by atoms with van der Waals surface area (Å²) in [6.45, 7) is 0.189. The summed E-state index contributed by atoms with van der Waals surface area (Å²) in [5.74, 6) is -0.272. The Labute approximate surface area is 129 Å². The largest absolute Gasteiger partial charge is 0.468 e. The normalized spacial score (nSPS) is 15.7. The van der Waals surface area contributed by atoms with Crippen molar-refractivity contribution in [3.8, 4) is 0 Å². The minimum atomic E-state index is -0.272. The zero-order valence-electron chi connectivity index (χ0n) is 12.7. The predicted molar refractivity (Wildman–Crippen MR) is 84.9 cm³/mol. The molecule has 5 nitrogen and oxygen atoms in total. The van der Waals surface area contributed by atoms with Gasteiger partial charge in [0.25, 0.3) is 0 Å². The SMILES string of the molecule is COC(=O)Cn1cc(/C=N/OC2CCCC2)c2ccccc21. The third-order valence-corrected chi connectivity index (χ3v) is 4.05. The van der Waals surface area contributed by atoms with Crippen LogP contribution < -0.4 is 0 Å². The van der Waals surface area contributed by atoms with E-state index in [1.165, 1.54) is 20.0 Å². The lowest BCUT2D eigenvalue weighted by Gasteiger charge is -2.04. The third kappa shape index (κ3) is 3.13. The van der Waals surface area contributed by atoms with Crippen molar-refractivity contribution in [2.75, 3.05) is 7.11 Å². The second kappa shape index (κ2) is 6.64. The molecule has 1 aromatic heterocycles. The van der Waals surface area contributed by atoms with Crippen LogP contribution in [0.5, 0.6) is 0 Å². The molecule has 0 aliphatic heterocycles. The van der Waals surface area contributed by atoms with E-state index >= 15 is 0 Å². The summed E-state index contributed by atoms with van der Waals surface area (Å²) in [4.78, 5) is 17.1. The molecule has 0 atom stereocenters. The van der Waals surface area contributed by atoms with Crippen molar-refractivity contribution >= 4 is 23.1 Å². The van der Waals surface area contributed by atoms with Gasteiger partial charge in [0.1, 0.15) is 12.6 Å². The molecule has 1 aliphatic carbocycles. The lowest BCUT2D eigenvalue weighted by molar-refractivity contribution is -0.141. The summed E-state index contributed by atoms with van der Waals surface area (Å²) < 4.78 is 6.62. The first-order valence-electron chi connectivity index (χ1n) is 7.62. The summed E-state index contributed by atoms with van der Waals surface area (Å²) in [6.07, 6.45) is 8.50. The highest BCUT2D eigenvalue weighted by atomic mass is 16.6. The summed E-state index contributed by atoms with van der Waals surface area (Å²) in [5, 5.41) is 5.18. The van der Waals surface area contributed by atoms with Crippen LogP contribution in [0.2, 0.25) is 0 Å². The van der Waals surface area contributed by atoms with Crippen molar-refractivity contribution in [3.05, 3.63) is 36.0 Å². The molecule has 1 aromatic carbocycles. The predicted octanol–water partition coefficient (Wildman–Crippen LogP) is 3.11. The molecule has 0 amide bonds. The maximum atomic E-state index is 11.5. The lowest BCUT2D eigenvalue weighted by Crippen LogP contribution is -2.10. The van der Waals surface area contributed by atoms with Crippen LogP contribution >= 0.6 is 0 Å². The Hall–Kier alpha value is -2.30. The number of esters is 1. The van der Waals surface area contributed by atoms with Crippen LogP contribution in [0.15, 0.2) is 35.6 Å². The van der Waals surface area contributed by atoms with Gasteiger partial charge >= 0.3 is 5.97 Å². The van der Waals surface area contributed by atoms with Crippen LogP contribution in [-0.4, -0.2) is 30.0 Å². The molecular weight excluding hydrogens is 280 g/mol. The minimum Gasteiger partial charge on any atom is -0.468 e. The van der Waals surface area contributed by atoms with Crippen LogP contribution in [-0.2, 0) is 20.9 Å². The average molecular weight is 300 g/mol. The number of fused-ring (bicyclic) bond motifs is 1. The number of methoxy groups -OCH3 is 1. The second-order valence-electron chi connectivity index (χ2n) is 5.55. The van der Waals surface area contributed by atoms with Crippen LogP contribution in [0, 0.1) is 0 Å². The molecule has 0 radical (unpaired) electrons. The smallest absolute Gasteiger partial charge is 0.325 e. The van der Waals surface area contributed by atoms with E-state index in [9.17, 15) is 4.79 Å². The molecule has 2 aromatic rings. The molecule has 1 fully saturated rings. The summed E-state index contributed by atoms with van der Waals surface area (Å²) in [7, 11) is 1.39. The Morgan fingerprint density at radius 2 is 2.14 bits per heavy atom. The number of carbonyl (C=O) groups is 1. The number of oxime groups is 1. The summed E-state index contributed by atoms with van der Waals surface area (Å²) >= 11 is 0. The number of carbonyl (C=O) groups excluding carboxylic acids is 1. The Bertz CT molecular complexity index is 684. The van der Waals surface area contributed by atoms with E-state index in [-0.39, 0.29) is 18.6 Å². The number of hydrogen-bond donors (Lipinski definition) is 0. The third-order valence-electron chi connectivity index (χ3n) is 4.05. The van der Waals surface area contributed by atoms with Gasteiger partial charge in [0.2, 0.25) is 0 Å². The second-order valence-corrected chi connectivity index (χ2v) is 5.55. The highest BCUT2D eigenvalue weighted by Gasteiger charge is 2.16. The number of benzene rings is 1. The molecule has 5 heteroatoms. The fraction of sp³-hybridized carbons (Fsp3) is 0.412. The Balaban J connectivity index is 1.82. The van der Waals surface area contributed by atoms with E-state index in [0.29, 0.717) is 0 Å². The lowest BCUT2D eigenvalue weighted by atomic mass is 10.2. The van der Waals surface area contributed by atoms with Gasteiger partial charge in [0.05, 0.1) is 13.3 Å². The molecule has 0 N–H and O–H groups in total. The number of nitrogens with zero attached hydrogens (tertiary/aromatic N) is 2. The number of aromatic nitrogens is 1. The average Bonchev–Trinajstić information content (AvgIpc) is 3.17. The van der Waals surface area contributed by atoms with Gasteiger partial charge in [-0.05, 0) is 31.7 Å². The van der Waals surface area contributed by atoms with E-state index in [1.54, 1.807) is 6.21 Å². The van der Waals surface area contributed by atoms with Gasteiger partial charge in [-0.1, -0.05) is 23.4 Å². The van der Waals surface area contributed by atoms with Crippen LogP contribution in [0.1, 0.15) is 31.2 Å². The summed E-state index contributed by atoms with van der Waals surface area (Å²) in [5.41, 5.74) is 1.92. The highest BCUT2D eigenvalue weighted by Crippen LogP contribution is 2.22. The molecular formula is C17H20N2O3. The van der Waals surface area contributed by atoms with E-state index in [0.717, 1.165) is 29.3 Å². The van der Waals surface area contributed by atoms with Gasteiger partial charge in [0, 0.05) is 22.7 Å². The molecule has 116 valence electrons. The maximum Gasteiger partial charge on any atom is 0.325 e. The molecule has 0 saturated heterocycles. The van der Waals surface area contributed by atoms with Crippen LogP contribution in [0.4, 0.5) is 0 Å². The minimum absolute atomic E-state index is 0.189. The number of hydrogen-bond acceptors (Lipinski definition) is 4. The Morgan fingerprint density at radius 3 is 2.91 bits per heavy atom. The fourth-order valence-corrected chi connectivity index (χ4v) is 2.88. The molecule has 1 aliphatic rings. The first-order chi connectivity index (χ1) is 10.8. The molecule has 1 saturated carbocycles. The topological polar surface area (TPSA) is 52.8 Å². The van der Waals surface area contributed by atoms with E-state index in [1.807, 2.05) is 35.0 Å². The zero-order chi connectivity index (χ0) is 15.4. The van der Waals surface area contributed by atoms with Gasteiger partial charge < -0.3 is 14.1 Å². The van der Waals surface area contributed by atoms with E-state index in [2.05, 4.69) is 5.16 Å². The molecule has 0 spiro atoms. The molecule has 3 rings (SSSR count). The van der Waals surface area contributed by atoms with Crippen LogP contribution in [0.25, 0.3) is 10.9 Å². The highest BCUT2D eigenvalue weighted by molar-refractivity contribution is 5.99. The summed E-state index contributed by atoms with van der Waals surface area (Å²) in [6, 6.07) is 7.92. The van der Waals surface area contributed by atoms with Crippen molar-refractivity contribution in [1.29, 1.82) is 0 Å². The monoisotopic (exact) mass is 300 g/mol. The van der Waals surface area contributed by atoms with Crippen molar-refractivity contribution in [2.24, 2.45) is 5.16 Å². The Morgan fingerprint density at radius 1 is 1.36 bits per heavy atom. The van der Waals surface area contributed by atoms with Crippen molar-refractivity contribution in [3.63, 3.8) is 0 Å². The zero-order valence-corrected chi connectivity index (χ0v) is 12.7. The molecule has 22 heavy (non-hydrogen) atoms. The Kier molecular flexibility index (Phi) is 4.42. The van der Waals surface area contributed by atoms with Gasteiger partial charge in [-0.15, -0.1) is 0 Å². The number of para-hydroxylation sites is 1. The van der Waals surface area contributed by atoms with Crippen LogP contribution in [0.3, 0.4) is 0 Å². The number of ether oxygens (including phenoxy) is 1. The van der Waals surface area contributed by atoms with E-state index in [4.69, 9.17) is 9.57 Å². The molecule has 0 bridgehead atoms. The first kappa shape index (κ1) is 14.6. The van der Waals surface area contributed by atoms with Gasteiger partial charge in [0.15, 0.2) is 0 Å². The molecule has 1 heterocycles. The van der Waals surface area contributed by atoms with Crippen molar-refractivity contribution in [1.82, 2.24) is 4.57 Å². The quantitative estimate of drug-likeness (QED) is 0.484. The van der Waals surface area contributed by atoms with Crippen molar-refractivity contribution < 1.29 is 14.4 Å².